The van der Waals surface area contributed by atoms with Crippen molar-refractivity contribution in [3.63, 3.8) is 0 Å². The van der Waals surface area contributed by atoms with Gasteiger partial charge in [0.1, 0.15) is 18.5 Å². The summed E-state index contributed by atoms with van der Waals surface area (Å²) >= 11 is 5.90. The number of hydrogen-bond donors (Lipinski definition) is 3. The van der Waals surface area contributed by atoms with Crippen LogP contribution in [0.25, 0.3) is 0 Å². The second-order valence-corrected chi connectivity index (χ2v) is 10.6. The first-order chi connectivity index (χ1) is 17.9. The molecule has 38 heavy (non-hydrogen) atoms. The van der Waals surface area contributed by atoms with Crippen LogP contribution in [0, 0.1) is 11.2 Å². The Hall–Kier alpha value is -3.30. The monoisotopic (exact) mass is 546 g/mol. The molecule has 0 aliphatic rings. The lowest BCUT2D eigenvalue weighted by atomic mass is 9.73. The molecule has 0 radical (unpaired) electrons. The number of hydrogen-bond acceptors (Lipinski definition) is 5. The molecular formula is C28H36ClFN4O4. The average Bonchev–Trinajstić information content (AvgIpc) is 3.36. The van der Waals surface area contributed by atoms with Crippen LogP contribution in [-0.2, 0) is 29.0 Å². The molecule has 3 aromatic rings. The van der Waals surface area contributed by atoms with Crippen molar-refractivity contribution in [2.75, 3.05) is 6.54 Å². The highest BCUT2D eigenvalue weighted by Crippen LogP contribution is 2.35. The number of carboxylic acid groups (broad SMARTS) is 1. The maximum absolute atomic E-state index is 12.6. The molecule has 0 aliphatic carbocycles. The van der Waals surface area contributed by atoms with E-state index in [2.05, 4.69) is 15.4 Å². The number of rotatable bonds is 11. The van der Waals surface area contributed by atoms with E-state index in [-0.39, 0.29) is 30.0 Å². The standard InChI is InChI=1S/C16H22ClN3O.C12H14FNO3/c1-15(2,3)16(21,10-20-12-18-11-19-20)9-8-13-4-6-14(17)7-5-13;13-10-3-1-9(2-4-10)7-8-14-11(15)5-6-12(16)17/h4-7,11-12,21H,8-10H2,1-3H3;1-4H,5-8H2,(H,14,15)(H,16,17). The molecule has 3 rings (SSSR count). The van der Waals surface area contributed by atoms with Crippen LogP contribution in [0.1, 0.15) is 51.2 Å². The van der Waals surface area contributed by atoms with E-state index >= 15 is 0 Å². The van der Waals surface area contributed by atoms with Crippen LogP contribution in [0.5, 0.6) is 0 Å². The number of aryl methyl sites for hydroxylation is 1. The summed E-state index contributed by atoms with van der Waals surface area (Å²) in [6, 6.07) is 13.8. The Balaban J connectivity index is 0.000000273. The van der Waals surface area contributed by atoms with Crippen molar-refractivity contribution in [2.24, 2.45) is 5.41 Å². The number of aliphatic hydroxyl groups is 1. The molecule has 0 bridgehead atoms. The average molecular weight is 547 g/mol. The molecule has 0 aliphatic heterocycles. The predicted octanol–water partition coefficient (Wildman–Crippen LogP) is 4.69. The molecule has 0 spiro atoms. The van der Waals surface area contributed by atoms with E-state index in [0.717, 1.165) is 17.0 Å². The fourth-order valence-corrected chi connectivity index (χ4v) is 3.71. The van der Waals surface area contributed by atoms with Gasteiger partial charge in [-0.1, -0.05) is 56.6 Å². The van der Waals surface area contributed by atoms with Gasteiger partial charge < -0.3 is 15.5 Å². The number of nitrogens with one attached hydrogen (secondary N) is 1. The highest BCUT2D eigenvalue weighted by atomic mass is 35.5. The van der Waals surface area contributed by atoms with Gasteiger partial charge in [-0.15, -0.1) is 0 Å². The largest absolute Gasteiger partial charge is 0.481 e. The fraction of sp³-hybridized carbons (Fsp3) is 0.429. The summed E-state index contributed by atoms with van der Waals surface area (Å²) in [4.78, 5) is 25.3. The third-order valence-corrected chi connectivity index (χ3v) is 6.49. The first-order valence-electron chi connectivity index (χ1n) is 12.4. The number of halogens is 2. The minimum atomic E-state index is -0.987. The van der Waals surface area contributed by atoms with Crippen molar-refractivity contribution in [1.82, 2.24) is 20.1 Å². The van der Waals surface area contributed by atoms with E-state index in [0.29, 0.717) is 25.9 Å². The normalized spacial score (nSPS) is 12.7. The molecule has 1 atom stereocenters. The molecule has 206 valence electrons. The Bertz CT molecular complexity index is 1130. The van der Waals surface area contributed by atoms with Gasteiger partial charge in [0.15, 0.2) is 0 Å². The molecule has 3 N–H and O–H groups in total. The van der Waals surface area contributed by atoms with Crippen molar-refractivity contribution < 1.29 is 24.2 Å². The SMILES string of the molecule is CC(C)(C)C(O)(CCc1ccc(Cl)cc1)Cn1cncn1.O=C(O)CCC(=O)NCCc1ccc(F)cc1. The van der Waals surface area contributed by atoms with Gasteiger partial charge in [0.05, 0.1) is 18.6 Å². The molecule has 1 amide bonds. The summed E-state index contributed by atoms with van der Waals surface area (Å²) < 4.78 is 14.3. The maximum atomic E-state index is 12.6. The highest BCUT2D eigenvalue weighted by molar-refractivity contribution is 6.30. The minimum Gasteiger partial charge on any atom is -0.481 e. The number of aliphatic carboxylic acids is 1. The van der Waals surface area contributed by atoms with E-state index in [4.69, 9.17) is 16.7 Å². The van der Waals surface area contributed by atoms with Crippen molar-refractivity contribution in [2.45, 2.75) is 65.0 Å². The number of carbonyl (C=O) groups excluding carboxylic acids is 1. The molecule has 1 aromatic heterocycles. The molecule has 0 saturated carbocycles. The minimum absolute atomic E-state index is 0.0151. The third kappa shape index (κ3) is 11.0. The Morgan fingerprint density at radius 2 is 1.61 bits per heavy atom. The van der Waals surface area contributed by atoms with Crippen molar-refractivity contribution in [1.29, 1.82) is 0 Å². The van der Waals surface area contributed by atoms with Crippen molar-refractivity contribution in [3.05, 3.63) is 83.2 Å². The summed E-state index contributed by atoms with van der Waals surface area (Å²) in [5.74, 6) is -1.56. The van der Waals surface area contributed by atoms with Gasteiger partial charge in [-0.3, -0.25) is 14.3 Å². The Morgan fingerprint density at radius 1 is 1.00 bits per heavy atom. The fourth-order valence-electron chi connectivity index (χ4n) is 3.58. The predicted molar refractivity (Wildman–Crippen MR) is 144 cm³/mol. The van der Waals surface area contributed by atoms with Crippen LogP contribution in [0.3, 0.4) is 0 Å². The Morgan fingerprint density at radius 3 is 2.16 bits per heavy atom. The lowest BCUT2D eigenvalue weighted by Crippen LogP contribution is -2.47. The Labute approximate surface area is 227 Å². The van der Waals surface area contributed by atoms with Crippen LogP contribution in [-0.4, -0.2) is 49.0 Å². The second-order valence-electron chi connectivity index (χ2n) is 10.1. The van der Waals surface area contributed by atoms with Gasteiger partial charge >= 0.3 is 5.97 Å². The van der Waals surface area contributed by atoms with E-state index in [1.54, 1.807) is 23.1 Å². The number of carboxylic acids is 1. The smallest absolute Gasteiger partial charge is 0.303 e. The summed E-state index contributed by atoms with van der Waals surface area (Å²) in [5, 5.41) is 26.9. The first kappa shape index (κ1) is 30.9. The van der Waals surface area contributed by atoms with Gasteiger partial charge in [0, 0.05) is 18.0 Å². The molecule has 1 heterocycles. The van der Waals surface area contributed by atoms with Gasteiger partial charge in [-0.25, -0.2) is 9.37 Å². The van der Waals surface area contributed by atoms with E-state index in [1.165, 1.54) is 24.0 Å². The zero-order chi connectivity index (χ0) is 28.2. The lowest BCUT2D eigenvalue weighted by Gasteiger charge is -2.40. The third-order valence-electron chi connectivity index (χ3n) is 6.24. The molecule has 10 heteroatoms. The molecule has 1 unspecified atom stereocenters. The van der Waals surface area contributed by atoms with E-state index in [9.17, 15) is 19.1 Å². The zero-order valence-corrected chi connectivity index (χ0v) is 22.8. The maximum Gasteiger partial charge on any atom is 0.303 e. The topological polar surface area (TPSA) is 117 Å². The Kier molecular flexibility index (Phi) is 11.9. The van der Waals surface area contributed by atoms with Crippen LogP contribution >= 0.6 is 11.6 Å². The van der Waals surface area contributed by atoms with E-state index < -0.39 is 11.6 Å². The van der Waals surface area contributed by atoms with Gasteiger partial charge in [0.25, 0.3) is 0 Å². The number of benzene rings is 2. The van der Waals surface area contributed by atoms with Crippen LogP contribution in [0.15, 0.2) is 61.2 Å². The number of carbonyl (C=O) groups is 2. The highest BCUT2D eigenvalue weighted by Gasteiger charge is 2.40. The van der Waals surface area contributed by atoms with E-state index in [1.807, 2.05) is 45.0 Å². The number of nitrogens with zero attached hydrogens (tertiary/aromatic N) is 3. The lowest BCUT2D eigenvalue weighted by molar-refractivity contribution is -0.138. The molecule has 0 fully saturated rings. The zero-order valence-electron chi connectivity index (χ0n) is 22.0. The van der Waals surface area contributed by atoms with Gasteiger partial charge in [-0.05, 0) is 60.1 Å². The summed E-state index contributed by atoms with van der Waals surface area (Å²) in [6.07, 6.45) is 4.99. The second kappa shape index (κ2) is 14.6. The summed E-state index contributed by atoms with van der Waals surface area (Å²) in [7, 11) is 0. The summed E-state index contributed by atoms with van der Waals surface area (Å²) in [6.45, 7) is 7.00. The van der Waals surface area contributed by atoms with Crippen molar-refractivity contribution >= 4 is 23.5 Å². The quantitative estimate of drug-likeness (QED) is 0.321. The van der Waals surface area contributed by atoms with Crippen LogP contribution in [0.4, 0.5) is 4.39 Å². The van der Waals surface area contributed by atoms with Gasteiger partial charge in [0.2, 0.25) is 5.91 Å². The summed E-state index contributed by atoms with van der Waals surface area (Å²) in [5.41, 5.74) is 0.969. The van der Waals surface area contributed by atoms with Crippen LogP contribution in [0.2, 0.25) is 5.02 Å². The molecule has 0 saturated heterocycles. The molecule has 8 nitrogen and oxygen atoms in total. The first-order valence-corrected chi connectivity index (χ1v) is 12.8. The number of amides is 1. The van der Waals surface area contributed by atoms with Crippen LogP contribution < -0.4 is 5.32 Å². The van der Waals surface area contributed by atoms with Crippen molar-refractivity contribution in [3.8, 4) is 0 Å². The number of aromatic nitrogens is 3. The van der Waals surface area contributed by atoms with Gasteiger partial charge in [-0.2, -0.15) is 5.10 Å². The molecular weight excluding hydrogens is 511 g/mol. The molecule has 2 aromatic carbocycles.